The Kier molecular flexibility index (Phi) is 5.28. The van der Waals surface area contributed by atoms with E-state index in [-0.39, 0.29) is 30.1 Å². The minimum Gasteiger partial charge on any atom is -0.507 e. The SMILES string of the molecule is O=C(CO)c1ccc(OCCCS(=O)(=O)O)cc1O. The summed E-state index contributed by atoms with van der Waals surface area (Å²) in [5.41, 5.74) is -0.0206. The van der Waals surface area contributed by atoms with Crippen LogP contribution in [0.2, 0.25) is 0 Å². The predicted molar refractivity (Wildman–Crippen MR) is 66.1 cm³/mol. The lowest BCUT2D eigenvalue weighted by Gasteiger charge is -2.07. The predicted octanol–water partition coefficient (Wildman–Crippen LogP) is 0.224. The van der Waals surface area contributed by atoms with Crippen molar-refractivity contribution in [2.24, 2.45) is 0 Å². The zero-order valence-corrected chi connectivity index (χ0v) is 10.8. The molecule has 8 heteroatoms. The van der Waals surface area contributed by atoms with Crippen molar-refractivity contribution >= 4 is 15.9 Å². The third-order valence-electron chi connectivity index (χ3n) is 2.23. The molecule has 0 spiro atoms. The number of hydrogen-bond donors (Lipinski definition) is 3. The van der Waals surface area contributed by atoms with E-state index in [1.54, 1.807) is 0 Å². The smallest absolute Gasteiger partial charge is 0.264 e. The molecule has 0 bridgehead atoms. The van der Waals surface area contributed by atoms with Gasteiger partial charge in [0.05, 0.1) is 17.9 Å². The highest BCUT2D eigenvalue weighted by atomic mass is 32.2. The summed E-state index contributed by atoms with van der Waals surface area (Å²) in [4.78, 5) is 11.2. The van der Waals surface area contributed by atoms with Gasteiger partial charge in [-0.25, -0.2) is 0 Å². The zero-order chi connectivity index (χ0) is 14.5. The molecule has 0 atom stereocenters. The second kappa shape index (κ2) is 6.50. The van der Waals surface area contributed by atoms with Crippen molar-refractivity contribution in [3.8, 4) is 11.5 Å². The summed E-state index contributed by atoms with van der Waals surface area (Å²) in [6, 6.07) is 3.90. The average Bonchev–Trinajstić information content (AvgIpc) is 2.33. The maximum Gasteiger partial charge on any atom is 0.264 e. The van der Waals surface area contributed by atoms with E-state index >= 15 is 0 Å². The van der Waals surface area contributed by atoms with Crippen LogP contribution in [0, 0.1) is 0 Å². The summed E-state index contributed by atoms with van der Waals surface area (Å²) >= 11 is 0. The first-order valence-electron chi connectivity index (χ1n) is 5.38. The number of benzene rings is 1. The highest BCUT2D eigenvalue weighted by Crippen LogP contribution is 2.24. The standard InChI is InChI=1S/C11H14O7S/c12-7-11(14)9-3-2-8(6-10(9)13)18-4-1-5-19(15,16)17/h2-3,6,12-13H,1,4-5,7H2,(H,15,16,17). The molecule has 3 N–H and O–H groups in total. The maximum atomic E-state index is 11.2. The summed E-state index contributed by atoms with van der Waals surface area (Å²) in [5.74, 6) is -1.11. The monoisotopic (exact) mass is 290 g/mol. The molecule has 1 aromatic carbocycles. The van der Waals surface area contributed by atoms with Crippen molar-refractivity contribution in [2.75, 3.05) is 19.0 Å². The molecule has 0 saturated heterocycles. The van der Waals surface area contributed by atoms with E-state index in [1.807, 2.05) is 0 Å². The van der Waals surface area contributed by atoms with Crippen molar-refractivity contribution < 1.29 is 32.7 Å². The lowest BCUT2D eigenvalue weighted by atomic mass is 10.1. The van der Waals surface area contributed by atoms with Crippen LogP contribution in [-0.2, 0) is 10.1 Å². The highest BCUT2D eigenvalue weighted by Gasteiger charge is 2.11. The van der Waals surface area contributed by atoms with Crippen molar-refractivity contribution in [1.82, 2.24) is 0 Å². The summed E-state index contributed by atoms with van der Waals surface area (Å²) < 4.78 is 34.5. The number of aromatic hydroxyl groups is 1. The summed E-state index contributed by atoms with van der Waals surface area (Å²) in [5, 5.41) is 18.2. The van der Waals surface area contributed by atoms with Gasteiger partial charge in [0.2, 0.25) is 0 Å². The van der Waals surface area contributed by atoms with E-state index in [2.05, 4.69) is 0 Å². The van der Waals surface area contributed by atoms with E-state index in [0.717, 1.165) is 0 Å². The molecule has 0 amide bonds. The molecule has 0 aliphatic heterocycles. The Bertz CT molecular complexity index is 550. The number of rotatable bonds is 7. The van der Waals surface area contributed by atoms with Gasteiger partial charge in [-0.15, -0.1) is 0 Å². The number of carbonyl (C=O) groups is 1. The number of Topliss-reactive ketones (excluding diaryl/α,β-unsaturated/α-hetero) is 1. The van der Waals surface area contributed by atoms with Crippen LogP contribution in [-0.4, -0.2) is 47.9 Å². The molecule has 0 aliphatic rings. The third kappa shape index (κ3) is 5.25. The molecular formula is C11H14O7S. The lowest BCUT2D eigenvalue weighted by Crippen LogP contribution is -2.09. The Balaban J connectivity index is 2.57. The quantitative estimate of drug-likeness (QED) is 0.373. The Morgan fingerprint density at radius 3 is 2.53 bits per heavy atom. The molecule has 0 heterocycles. The topological polar surface area (TPSA) is 121 Å². The summed E-state index contributed by atoms with van der Waals surface area (Å²) in [7, 11) is -4.01. The number of phenolic OH excluding ortho intramolecular Hbond substituents is 1. The van der Waals surface area contributed by atoms with E-state index in [1.165, 1.54) is 18.2 Å². The van der Waals surface area contributed by atoms with Gasteiger partial charge in [0.1, 0.15) is 18.1 Å². The molecule has 19 heavy (non-hydrogen) atoms. The first-order chi connectivity index (χ1) is 8.83. The number of ketones is 1. The molecule has 106 valence electrons. The second-order valence-electron chi connectivity index (χ2n) is 3.75. The van der Waals surface area contributed by atoms with Crippen LogP contribution >= 0.6 is 0 Å². The fourth-order valence-electron chi connectivity index (χ4n) is 1.35. The first kappa shape index (κ1) is 15.4. The van der Waals surface area contributed by atoms with E-state index < -0.39 is 28.3 Å². The normalized spacial score (nSPS) is 11.3. The van der Waals surface area contributed by atoms with Crippen LogP contribution < -0.4 is 4.74 Å². The highest BCUT2D eigenvalue weighted by molar-refractivity contribution is 7.85. The second-order valence-corrected chi connectivity index (χ2v) is 5.32. The molecule has 0 unspecified atom stereocenters. The Hall–Kier alpha value is -1.64. The van der Waals surface area contributed by atoms with Crippen LogP contribution in [0.1, 0.15) is 16.8 Å². The van der Waals surface area contributed by atoms with Crippen molar-refractivity contribution in [3.05, 3.63) is 23.8 Å². The van der Waals surface area contributed by atoms with Gasteiger partial charge in [-0.05, 0) is 18.6 Å². The van der Waals surface area contributed by atoms with Gasteiger partial charge in [0, 0.05) is 6.07 Å². The minimum atomic E-state index is -4.01. The van der Waals surface area contributed by atoms with Gasteiger partial charge in [-0.2, -0.15) is 8.42 Å². The third-order valence-corrected chi connectivity index (χ3v) is 3.03. The van der Waals surface area contributed by atoms with Crippen molar-refractivity contribution in [2.45, 2.75) is 6.42 Å². The molecule has 7 nitrogen and oxygen atoms in total. The largest absolute Gasteiger partial charge is 0.507 e. The lowest BCUT2D eigenvalue weighted by molar-refractivity contribution is 0.0901. The number of carbonyl (C=O) groups excluding carboxylic acids is 1. The summed E-state index contributed by atoms with van der Waals surface area (Å²) in [6.45, 7) is -0.672. The Morgan fingerprint density at radius 2 is 2.00 bits per heavy atom. The van der Waals surface area contributed by atoms with E-state index in [9.17, 15) is 18.3 Å². The molecule has 0 radical (unpaired) electrons. The fraction of sp³-hybridized carbons (Fsp3) is 0.364. The zero-order valence-electron chi connectivity index (χ0n) is 9.94. The van der Waals surface area contributed by atoms with Gasteiger partial charge in [-0.3, -0.25) is 9.35 Å². The van der Waals surface area contributed by atoms with Gasteiger partial charge in [0.15, 0.2) is 5.78 Å². The van der Waals surface area contributed by atoms with Gasteiger partial charge < -0.3 is 14.9 Å². The Morgan fingerprint density at radius 1 is 1.32 bits per heavy atom. The fourth-order valence-corrected chi connectivity index (χ4v) is 1.84. The number of ether oxygens (including phenoxy) is 1. The van der Waals surface area contributed by atoms with Crippen LogP contribution in [0.25, 0.3) is 0 Å². The molecular weight excluding hydrogens is 276 g/mol. The first-order valence-corrected chi connectivity index (χ1v) is 6.99. The van der Waals surface area contributed by atoms with Crippen LogP contribution in [0.4, 0.5) is 0 Å². The molecule has 0 aromatic heterocycles. The number of hydrogen-bond acceptors (Lipinski definition) is 6. The molecule has 0 aliphatic carbocycles. The van der Waals surface area contributed by atoms with Crippen molar-refractivity contribution in [1.29, 1.82) is 0 Å². The Labute approximate surface area is 110 Å². The molecule has 0 saturated carbocycles. The van der Waals surface area contributed by atoms with Gasteiger partial charge in [0.25, 0.3) is 10.1 Å². The molecule has 1 aromatic rings. The van der Waals surface area contributed by atoms with E-state index in [0.29, 0.717) is 0 Å². The van der Waals surface area contributed by atoms with Gasteiger partial charge in [-0.1, -0.05) is 0 Å². The van der Waals surface area contributed by atoms with Crippen molar-refractivity contribution in [3.63, 3.8) is 0 Å². The van der Waals surface area contributed by atoms with Crippen LogP contribution in [0.5, 0.6) is 11.5 Å². The van der Waals surface area contributed by atoms with Crippen LogP contribution in [0.3, 0.4) is 0 Å². The summed E-state index contributed by atoms with van der Waals surface area (Å²) in [6.07, 6.45) is 0.0942. The number of phenols is 1. The minimum absolute atomic E-state index is 0.0206. The molecule has 0 fully saturated rings. The van der Waals surface area contributed by atoms with E-state index in [4.69, 9.17) is 14.4 Å². The van der Waals surface area contributed by atoms with Crippen LogP contribution in [0.15, 0.2) is 18.2 Å². The number of aliphatic hydroxyl groups is 1. The molecule has 1 rings (SSSR count). The van der Waals surface area contributed by atoms with Gasteiger partial charge >= 0.3 is 0 Å². The number of aliphatic hydroxyl groups excluding tert-OH is 1. The maximum absolute atomic E-state index is 11.2. The average molecular weight is 290 g/mol.